The molecule has 0 saturated carbocycles. The van der Waals surface area contributed by atoms with Crippen LogP contribution in [0.15, 0.2) is 60.9 Å². The first-order valence-electron chi connectivity index (χ1n) is 9.18. The molecule has 5 heteroatoms. The van der Waals surface area contributed by atoms with Crippen LogP contribution >= 0.6 is 0 Å². The Labute approximate surface area is 153 Å². The summed E-state index contributed by atoms with van der Waals surface area (Å²) in [7, 11) is 0. The fourth-order valence-electron chi connectivity index (χ4n) is 3.27. The van der Waals surface area contributed by atoms with Crippen LogP contribution in [0.25, 0.3) is 22.6 Å². The highest BCUT2D eigenvalue weighted by molar-refractivity contribution is 5.67. The van der Waals surface area contributed by atoms with Crippen LogP contribution < -0.4 is 10.6 Å². The van der Waals surface area contributed by atoms with Crippen molar-refractivity contribution in [2.24, 2.45) is 5.92 Å². The predicted molar refractivity (Wildman–Crippen MR) is 105 cm³/mol. The summed E-state index contributed by atoms with van der Waals surface area (Å²) < 4.78 is 0. The summed E-state index contributed by atoms with van der Waals surface area (Å²) in [5, 5.41) is 6.99. The molecular formula is C21H23N5. The van der Waals surface area contributed by atoms with Crippen LogP contribution in [0.1, 0.15) is 12.8 Å². The van der Waals surface area contributed by atoms with Crippen molar-refractivity contribution >= 4 is 5.82 Å². The van der Waals surface area contributed by atoms with Crippen LogP contribution in [0, 0.1) is 5.92 Å². The van der Waals surface area contributed by atoms with E-state index in [1.807, 2.05) is 48.5 Å². The Morgan fingerprint density at radius 2 is 1.85 bits per heavy atom. The summed E-state index contributed by atoms with van der Waals surface area (Å²) in [6.45, 7) is 3.13. The Hall–Kier alpha value is -2.79. The van der Waals surface area contributed by atoms with Gasteiger partial charge < -0.3 is 10.6 Å². The van der Waals surface area contributed by atoms with Gasteiger partial charge >= 0.3 is 0 Å². The highest BCUT2D eigenvalue weighted by atomic mass is 15.0. The number of aromatic nitrogens is 3. The molecule has 0 amide bonds. The lowest BCUT2D eigenvalue weighted by atomic mass is 10.00. The average Bonchev–Trinajstić information content (AvgIpc) is 2.74. The van der Waals surface area contributed by atoms with E-state index in [-0.39, 0.29) is 0 Å². The first-order valence-corrected chi connectivity index (χ1v) is 9.18. The molecule has 1 fully saturated rings. The zero-order chi connectivity index (χ0) is 17.6. The SMILES string of the molecule is c1ccc(-c2nc(NCC3CCCNC3)cc(-c3ccncc3)n2)cc1. The quantitative estimate of drug-likeness (QED) is 0.739. The minimum atomic E-state index is 0.642. The van der Waals surface area contributed by atoms with Crippen molar-refractivity contribution in [3.63, 3.8) is 0 Å². The van der Waals surface area contributed by atoms with Crippen molar-refractivity contribution in [3.05, 3.63) is 60.9 Å². The molecule has 1 unspecified atom stereocenters. The molecule has 2 N–H and O–H groups in total. The maximum atomic E-state index is 4.78. The van der Waals surface area contributed by atoms with Gasteiger partial charge in [0, 0.05) is 36.1 Å². The lowest BCUT2D eigenvalue weighted by Crippen LogP contribution is -2.33. The first-order chi connectivity index (χ1) is 12.9. The number of pyridine rings is 1. The predicted octanol–water partition coefficient (Wildman–Crippen LogP) is 3.62. The van der Waals surface area contributed by atoms with Crippen LogP contribution in [0.4, 0.5) is 5.82 Å². The van der Waals surface area contributed by atoms with Gasteiger partial charge in [-0.05, 0) is 44.0 Å². The minimum Gasteiger partial charge on any atom is -0.370 e. The van der Waals surface area contributed by atoms with Gasteiger partial charge in [0.15, 0.2) is 5.82 Å². The average molecular weight is 345 g/mol. The zero-order valence-corrected chi connectivity index (χ0v) is 14.7. The van der Waals surface area contributed by atoms with E-state index in [9.17, 15) is 0 Å². The van der Waals surface area contributed by atoms with Gasteiger partial charge in [0.2, 0.25) is 0 Å². The van der Waals surface area contributed by atoms with E-state index in [1.54, 1.807) is 12.4 Å². The summed E-state index contributed by atoms with van der Waals surface area (Å²) in [4.78, 5) is 13.6. The van der Waals surface area contributed by atoms with Crippen LogP contribution in [0.3, 0.4) is 0 Å². The number of anilines is 1. The van der Waals surface area contributed by atoms with Gasteiger partial charge in [-0.15, -0.1) is 0 Å². The summed E-state index contributed by atoms with van der Waals surface area (Å²) in [5.74, 6) is 2.25. The molecule has 1 aromatic carbocycles. The fourth-order valence-corrected chi connectivity index (χ4v) is 3.27. The van der Waals surface area contributed by atoms with E-state index < -0.39 is 0 Å². The Morgan fingerprint density at radius 1 is 1.00 bits per heavy atom. The number of rotatable bonds is 5. The smallest absolute Gasteiger partial charge is 0.162 e. The van der Waals surface area contributed by atoms with E-state index in [4.69, 9.17) is 9.97 Å². The largest absolute Gasteiger partial charge is 0.370 e. The van der Waals surface area contributed by atoms with Crippen molar-refractivity contribution in [1.29, 1.82) is 0 Å². The van der Waals surface area contributed by atoms with Crippen LogP contribution in [-0.4, -0.2) is 34.6 Å². The second-order valence-electron chi connectivity index (χ2n) is 6.66. The number of hydrogen-bond acceptors (Lipinski definition) is 5. The maximum Gasteiger partial charge on any atom is 0.162 e. The molecule has 1 aliphatic heterocycles. The zero-order valence-electron chi connectivity index (χ0n) is 14.7. The third-order valence-electron chi connectivity index (χ3n) is 4.71. The molecule has 2 aromatic heterocycles. The highest BCUT2D eigenvalue weighted by Gasteiger charge is 2.14. The normalized spacial score (nSPS) is 17.0. The van der Waals surface area contributed by atoms with E-state index in [0.29, 0.717) is 5.92 Å². The topological polar surface area (TPSA) is 62.7 Å². The number of piperidine rings is 1. The van der Waals surface area contributed by atoms with Gasteiger partial charge in [-0.3, -0.25) is 4.98 Å². The van der Waals surface area contributed by atoms with Gasteiger partial charge in [0.25, 0.3) is 0 Å². The molecule has 1 aliphatic rings. The molecule has 0 bridgehead atoms. The van der Waals surface area contributed by atoms with Gasteiger partial charge in [-0.25, -0.2) is 9.97 Å². The summed E-state index contributed by atoms with van der Waals surface area (Å²) in [5.41, 5.74) is 2.97. The van der Waals surface area contributed by atoms with E-state index in [0.717, 1.165) is 48.1 Å². The number of hydrogen-bond donors (Lipinski definition) is 2. The molecule has 26 heavy (non-hydrogen) atoms. The molecule has 4 rings (SSSR count). The summed E-state index contributed by atoms with van der Waals surface area (Å²) >= 11 is 0. The van der Waals surface area contributed by atoms with Crippen molar-refractivity contribution in [2.45, 2.75) is 12.8 Å². The Morgan fingerprint density at radius 3 is 2.62 bits per heavy atom. The standard InChI is InChI=1S/C21H23N5/c1-2-6-18(7-3-1)21-25-19(17-8-11-22-12-9-17)13-20(26-21)24-15-16-5-4-10-23-14-16/h1-3,6-9,11-13,16,23H,4-5,10,14-15H2,(H,24,25,26). The molecular weight excluding hydrogens is 322 g/mol. The Bertz CT molecular complexity index is 772. The van der Waals surface area contributed by atoms with Crippen LogP contribution in [-0.2, 0) is 0 Å². The van der Waals surface area contributed by atoms with Crippen molar-refractivity contribution in [1.82, 2.24) is 20.3 Å². The monoisotopic (exact) mass is 345 g/mol. The van der Waals surface area contributed by atoms with E-state index in [2.05, 4.69) is 15.6 Å². The van der Waals surface area contributed by atoms with Crippen molar-refractivity contribution in [3.8, 4) is 22.6 Å². The Balaban J connectivity index is 1.64. The molecule has 132 valence electrons. The van der Waals surface area contributed by atoms with Crippen LogP contribution in [0.5, 0.6) is 0 Å². The van der Waals surface area contributed by atoms with E-state index in [1.165, 1.54) is 12.8 Å². The minimum absolute atomic E-state index is 0.642. The number of nitrogens with one attached hydrogen (secondary N) is 2. The molecule has 0 radical (unpaired) electrons. The summed E-state index contributed by atoms with van der Waals surface area (Å²) in [6, 6.07) is 16.1. The summed E-state index contributed by atoms with van der Waals surface area (Å²) in [6.07, 6.45) is 6.09. The molecule has 0 spiro atoms. The van der Waals surface area contributed by atoms with Crippen LogP contribution in [0.2, 0.25) is 0 Å². The molecule has 5 nitrogen and oxygen atoms in total. The van der Waals surface area contributed by atoms with Crippen molar-refractivity contribution in [2.75, 3.05) is 25.0 Å². The maximum absolute atomic E-state index is 4.78. The molecule has 0 aliphatic carbocycles. The van der Waals surface area contributed by atoms with E-state index >= 15 is 0 Å². The van der Waals surface area contributed by atoms with Gasteiger partial charge in [0.05, 0.1) is 5.69 Å². The Kier molecular flexibility index (Phi) is 5.17. The third kappa shape index (κ3) is 4.06. The second-order valence-corrected chi connectivity index (χ2v) is 6.66. The highest BCUT2D eigenvalue weighted by Crippen LogP contribution is 2.24. The number of nitrogens with zero attached hydrogens (tertiary/aromatic N) is 3. The molecule has 1 saturated heterocycles. The number of benzene rings is 1. The van der Waals surface area contributed by atoms with Crippen molar-refractivity contribution < 1.29 is 0 Å². The third-order valence-corrected chi connectivity index (χ3v) is 4.71. The molecule has 3 aromatic rings. The van der Waals surface area contributed by atoms with Gasteiger partial charge in [0.1, 0.15) is 5.82 Å². The molecule has 3 heterocycles. The lowest BCUT2D eigenvalue weighted by Gasteiger charge is -2.23. The molecule has 1 atom stereocenters. The van der Waals surface area contributed by atoms with Gasteiger partial charge in [-0.2, -0.15) is 0 Å². The fraction of sp³-hybridized carbons (Fsp3) is 0.286. The second kappa shape index (κ2) is 8.06. The van der Waals surface area contributed by atoms with Gasteiger partial charge in [-0.1, -0.05) is 30.3 Å². The lowest BCUT2D eigenvalue weighted by molar-refractivity contribution is 0.392. The first kappa shape index (κ1) is 16.7.